The number of carboxylic acid groups (broad SMARTS) is 1. The zero-order valence-corrected chi connectivity index (χ0v) is 17.5. The van der Waals surface area contributed by atoms with Gasteiger partial charge in [0.1, 0.15) is 6.04 Å². The Morgan fingerprint density at radius 3 is 2.30 bits per heavy atom. The maximum atomic E-state index is 13.0. The molecule has 1 aliphatic heterocycles. The number of amides is 3. The van der Waals surface area contributed by atoms with Crippen molar-refractivity contribution in [3.05, 3.63) is 35.9 Å². The molecule has 164 valence electrons. The predicted molar refractivity (Wildman–Crippen MR) is 108 cm³/mol. The monoisotopic (exact) mass is 419 g/mol. The first kappa shape index (κ1) is 23.2. The molecule has 1 aromatic rings. The van der Waals surface area contributed by atoms with Gasteiger partial charge in [-0.1, -0.05) is 44.2 Å². The fraction of sp³-hybridized carbons (Fsp3) is 0.524. The van der Waals surface area contributed by atoms with E-state index in [9.17, 15) is 24.3 Å². The molecule has 1 aliphatic rings. The van der Waals surface area contributed by atoms with Crippen molar-refractivity contribution in [3.63, 3.8) is 0 Å². The van der Waals surface area contributed by atoms with E-state index in [1.54, 1.807) is 24.3 Å². The number of nitrogens with zero attached hydrogens (tertiary/aromatic N) is 2. The standard InChI is InChI=1S/C21H29N3O6/c1-14(2)12-17(22-15(3)25)19(26)23-10-7-11-24(23)21(29)30-18(20(27)28)13-16-8-5-4-6-9-16/h4-6,8-9,14,17-18H,7,10-13H2,1-3H3,(H,22,25)(H,27,28)/t17-,18?/m0/s1. The normalized spacial score (nSPS) is 15.6. The first-order valence-electron chi connectivity index (χ1n) is 10.0. The molecule has 1 saturated heterocycles. The van der Waals surface area contributed by atoms with Gasteiger partial charge in [0, 0.05) is 26.4 Å². The Morgan fingerprint density at radius 2 is 1.73 bits per heavy atom. The molecule has 0 spiro atoms. The Hall–Kier alpha value is -3.10. The lowest BCUT2D eigenvalue weighted by atomic mass is 10.0. The lowest BCUT2D eigenvalue weighted by Crippen LogP contribution is -2.54. The molecule has 0 aromatic heterocycles. The smallest absolute Gasteiger partial charge is 0.429 e. The van der Waals surface area contributed by atoms with Gasteiger partial charge in [-0.15, -0.1) is 0 Å². The second-order valence-corrected chi connectivity index (χ2v) is 7.72. The molecule has 30 heavy (non-hydrogen) atoms. The van der Waals surface area contributed by atoms with E-state index >= 15 is 0 Å². The average molecular weight is 419 g/mol. The van der Waals surface area contributed by atoms with E-state index in [0.29, 0.717) is 19.4 Å². The van der Waals surface area contributed by atoms with Crippen LogP contribution in [0.2, 0.25) is 0 Å². The van der Waals surface area contributed by atoms with Crippen LogP contribution in [-0.2, 0) is 25.5 Å². The summed E-state index contributed by atoms with van der Waals surface area (Å²) in [5.74, 6) is -1.87. The zero-order valence-electron chi connectivity index (χ0n) is 17.5. The minimum Gasteiger partial charge on any atom is -0.478 e. The molecule has 9 heteroatoms. The van der Waals surface area contributed by atoms with Crippen molar-refractivity contribution in [2.75, 3.05) is 13.1 Å². The SMILES string of the molecule is CC(=O)N[C@@H](CC(C)C)C(=O)N1CCCN1C(=O)OC(Cc1ccccc1)C(=O)O. The van der Waals surface area contributed by atoms with Crippen molar-refractivity contribution in [1.29, 1.82) is 0 Å². The number of hydrazine groups is 1. The number of benzene rings is 1. The van der Waals surface area contributed by atoms with Gasteiger partial charge in [-0.05, 0) is 24.3 Å². The van der Waals surface area contributed by atoms with Gasteiger partial charge in [0.05, 0.1) is 0 Å². The van der Waals surface area contributed by atoms with Crippen molar-refractivity contribution in [3.8, 4) is 0 Å². The Labute approximate surface area is 175 Å². The lowest BCUT2D eigenvalue weighted by Gasteiger charge is -2.31. The van der Waals surface area contributed by atoms with Gasteiger partial charge in [0.2, 0.25) is 12.0 Å². The van der Waals surface area contributed by atoms with Gasteiger partial charge >= 0.3 is 12.1 Å². The third kappa shape index (κ3) is 6.47. The van der Waals surface area contributed by atoms with Crippen LogP contribution in [0.1, 0.15) is 39.2 Å². The van der Waals surface area contributed by atoms with Crippen molar-refractivity contribution in [2.24, 2.45) is 5.92 Å². The number of carbonyl (C=O) groups is 4. The second-order valence-electron chi connectivity index (χ2n) is 7.72. The fourth-order valence-corrected chi connectivity index (χ4v) is 3.34. The Balaban J connectivity index is 2.10. The van der Waals surface area contributed by atoms with E-state index in [2.05, 4.69) is 5.32 Å². The summed E-state index contributed by atoms with van der Waals surface area (Å²) < 4.78 is 5.23. The summed E-state index contributed by atoms with van der Waals surface area (Å²) in [6.45, 7) is 5.71. The summed E-state index contributed by atoms with van der Waals surface area (Å²) in [6, 6.07) is 8.08. The molecule has 1 fully saturated rings. The first-order valence-corrected chi connectivity index (χ1v) is 10.0. The maximum absolute atomic E-state index is 13.0. The van der Waals surface area contributed by atoms with Crippen LogP contribution in [0.5, 0.6) is 0 Å². The summed E-state index contributed by atoms with van der Waals surface area (Å²) in [5.41, 5.74) is 0.717. The maximum Gasteiger partial charge on any atom is 0.429 e. The van der Waals surface area contributed by atoms with E-state index in [1.807, 2.05) is 19.9 Å². The molecule has 2 atom stereocenters. The van der Waals surface area contributed by atoms with Gasteiger partial charge in [-0.3, -0.25) is 9.59 Å². The van der Waals surface area contributed by atoms with Crippen LogP contribution in [0.4, 0.5) is 4.79 Å². The summed E-state index contributed by atoms with van der Waals surface area (Å²) in [4.78, 5) is 48.8. The number of aliphatic carboxylic acids is 1. The topological polar surface area (TPSA) is 116 Å². The van der Waals surface area contributed by atoms with Gasteiger partial charge in [0.25, 0.3) is 5.91 Å². The molecule has 1 heterocycles. The highest BCUT2D eigenvalue weighted by Gasteiger charge is 2.37. The molecule has 2 rings (SSSR count). The lowest BCUT2D eigenvalue weighted by molar-refractivity contribution is -0.151. The number of nitrogens with one attached hydrogen (secondary N) is 1. The van der Waals surface area contributed by atoms with Crippen LogP contribution < -0.4 is 5.32 Å². The number of hydrogen-bond acceptors (Lipinski definition) is 5. The number of carboxylic acids is 1. The highest BCUT2D eigenvalue weighted by atomic mass is 16.6. The van der Waals surface area contributed by atoms with E-state index in [0.717, 1.165) is 10.6 Å². The van der Waals surface area contributed by atoms with Gasteiger partial charge in [-0.25, -0.2) is 19.6 Å². The first-order chi connectivity index (χ1) is 14.2. The summed E-state index contributed by atoms with van der Waals surface area (Å²) in [5, 5.41) is 14.5. The molecule has 0 bridgehead atoms. The molecule has 1 aromatic carbocycles. The highest BCUT2D eigenvalue weighted by molar-refractivity contribution is 5.88. The summed E-state index contributed by atoms with van der Waals surface area (Å²) in [6.07, 6.45) is -1.30. The van der Waals surface area contributed by atoms with Gasteiger partial charge in [-0.2, -0.15) is 0 Å². The van der Waals surface area contributed by atoms with E-state index in [4.69, 9.17) is 4.74 Å². The van der Waals surface area contributed by atoms with Crippen molar-refractivity contribution < 1.29 is 29.0 Å². The van der Waals surface area contributed by atoms with Crippen LogP contribution in [0.15, 0.2) is 30.3 Å². The van der Waals surface area contributed by atoms with Gasteiger partial charge in [0.15, 0.2) is 0 Å². The second kappa shape index (κ2) is 10.6. The molecular weight excluding hydrogens is 390 g/mol. The van der Waals surface area contributed by atoms with Crippen LogP contribution in [0.3, 0.4) is 0 Å². The molecule has 1 unspecified atom stereocenters. The van der Waals surface area contributed by atoms with Gasteiger partial charge < -0.3 is 15.2 Å². The van der Waals surface area contributed by atoms with E-state index in [1.165, 1.54) is 11.9 Å². The average Bonchev–Trinajstić information content (AvgIpc) is 3.16. The summed E-state index contributed by atoms with van der Waals surface area (Å²) >= 11 is 0. The third-order valence-corrected chi connectivity index (χ3v) is 4.66. The molecule has 3 amide bonds. The Bertz CT molecular complexity index is 767. The van der Waals surface area contributed by atoms with Crippen molar-refractivity contribution >= 4 is 23.9 Å². The fourth-order valence-electron chi connectivity index (χ4n) is 3.34. The van der Waals surface area contributed by atoms with Crippen LogP contribution >= 0.6 is 0 Å². The molecule has 0 aliphatic carbocycles. The number of hydrogen-bond donors (Lipinski definition) is 2. The minimum atomic E-state index is -1.38. The van der Waals surface area contributed by atoms with E-state index < -0.39 is 30.1 Å². The van der Waals surface area contributed by atoms with Crippen LogP contribution in [0, 0.1) is 5.92 Å². The van der Waals surface area contributed by atoms with Crippen LogP contribution in [0.25, 0.3) is 0 Å². The largest absolute Gasteiger partial charge is 0.478 e. The van der Waals surface area contributed by atoms with Crippen molar-refractivity contribution in [2.45, 2.75) is 52.2 Å². The summed E-state index contributed by atoms with van der Waals surface area (Å²) in [7, 11) is 0. The van der Waals surface area contributed by atoms with Crippen molar-refractivity contribution in [1.82, 2.24) is 15.3 Å². The number of rotatable bonds is 8. The highest BCUT2D eigenvalue weighted by Crippen LogP contribution is 2.18. The Morgan fingerprint density at radius 1 is 1.10 bits per heavy atom. The zero-order chi connectivity index (χ0) is 22.3. The minimum absolute atomic E-state index is 0.0194. The third-order valence-electron chi connectivity index (χ3n) is 4.66. The molecule has 0 radical (unpaired) electrons. The Kier molecular flexibility index (Phi) is 8.20. The number of carbonyl (C=O) groups excluding carboxylic acids is 3. The predicted octanol–water partition coefficient (Wildman–Crippen LogP) is 1.82. The quantitative estimate of drug-likeness (QED) is 0.664. The molecule has 2 N–H and O–H groups in total. The number of ether oxygens (including phenoxy) is 1. The van der Waals surface area contributed by atoms with Crippen LogP contribution in [-0.4, -0.2) is 64.2 Å². The van der Waals surface area contributed by atoms with E-state index in [-0.39, 0.29) is 24.8 Å². The molecular formula is C21H29N3O6. The molecule has 9 nitrogen and oxygen atoms in total. The molecule has 0 saturated carbocycles.